The van der Waals surface area contributed by atoms with Crippen molar-refractivity contribution in [2.24, 2.45) is 0 Å². The Morgan fingerprint density at radius 3 is 2.90 bits per heavy atom. The van der Waals surface area contributed by atoms with Gasteiger partial charge in [0.05, 0.1) is 0 Å². The van der Waals surface area contributed by atoms with Gasteiger partial charge < -0.3 is 15.4 Å². The lowest BCUT2D eigenvalue weighted by atomic mass is 10.1. The molecule has 0 saturated heterocycles. The van der Waals surface area contributed by atoms with Crippen LogP contribution in [0.1, 0.15) is 44.7 Å². The molecule has 1 unspecified atom stereocenters. The summed E-state index contributed by atoms with van der Waals surface area (Å²) in [5.74, 6) is 0.130. The minimum absolute atomic E-state index is 0.0258. The van der Waals surface area contributed by atoms with Crippen LogP contribution in [0.5, 0.6) is 5.75 Å². The van der Waals surface area contributed by atoms with Crippen molar-refractivity contribution in [1.82, 2.24) is 10.6 Å². The van der Waals surface area contributed by atoms with Crippen LogP contribution in [0.4, 0.5) is 4.39 Å². The van der Waals surface area contributed by atoms with Crippen LogP contribution < -0.4 is 15.4 Å². The Hall–Kier alpha value is -1.62. The second-order valence-electron chi connectivity index (χ2n) is 5.49. The first-order valence-corrected chi connectivity index (χ1v) is 7.55. The third-order valence-corrected chi connectivity index (χ3v) is 3.44. The van der Waals surface area contributed by atoms with Crippen LogP contribution in [0.25, 0.3) is 0 Å². The third-order valence-electron chi connectivity index (χ3n) is 3.44. The van der Waals surface area contributed by atoms with E-state index in [1.54, 1.807) is 6.07 Å². The standard InChI is InChI=1S/C16H23FN2O2/c1-3-8-18-11(2)14-9-12(17)4-7-15(14)21-10-16(20)19-13-5-6-13/h4,7,9,11,13,18H,3,5-6,8,10H2,1-2H3,(H,19,20). The molecule has 1 atom stereocenters. The predicted molar refractivity (Wildman–Crippen MR) is 79.8 cm³/mol. The van der Waals surface area contributed by atoms with Crippen molar-refractivity contribution in [3.05, 3.63) is 29.6 Å². The highest BCUT2D eigenvalue weighted by molar-refractivity contribution is 5.78. The highest BCUT2D eigenvalue weighted by Gasteiger charge is 2.23. The lowest BCUT2D eigenvalue weighted by Gasteiger charge is -2.18. The number of ether oxygens (including phenoxy) is 1. The number of rotatable bonds is 8. The number of benzene rings is 1. The van der Waals surface area contributed by atoms with E-state index < -0.39 is 0 Å². The highest BCUT2D eigenvalue weighted by Crippen LogP contribution is 2.26. The number of carbonyl (C=O) groups excluding carboxylic acids is 1. The average Bonchev–Trinajstić information content (AvgIpc) is 3.27. The molecule has 2 rings (SSSR count). The summed E-state index contributed by atoms with van der Waals surface area (Å²) in [4.78, 5) is 11.7. The molecule has 0 radical (unpaired) electrons. The summed E-state index contributed by atoms with van der Waals surface area (Å²) in [6.45, 7) is 4.85. The van der Waals surface area contributed by atoms with Gasteiger partial charge in [0.2, 0.25) is 0 Å². The van der Waals surface area contributed by atoms with Gasteiger partial charge in [-0.2, -0.15) is 0 Å². The van der Waals surface area contributed by atoms with Crippen molar-refractivity contribution >= 4 is 5.91 Å². The van der Waals surface area contributed by atoms with Gasteiger partial charge in [0, 0.05) is 17.6 Å². The van der Waals surface area contributed by atoms with E-state index >= 15 is 0 Å². The monoisotopic (exact) mass is 294 g/mol. The topological polar surface area (TPSA) is 50.4 Å². The van der Waals surface area contributed by atoms with E-state index in [0.29, 0.717) is 11.8 Å². The number of nitrogens with one attached hydrogen (secondary N) is 2. The maximum absolute atomic E-state index is 13.4. The zero-order valence-corrected chi connectivity index (χ0v) is 12.6. The summed E-state index contributed by atoms with van der Waals surface area (Å²) < 4.78 is 19.0. The van der Waals surface area contributed by atoms with Crippen LogP contribution in [0.3, 0.4) is 0 Å². The molecule has 4 nitrogen and oxygen atoms in total. The van der Waals surface area contributed by atoms with Crippen molar-refractivity contribution in [3.8, 4) is 5.75 Å². The molecule has 2 N–H and O–H groups in total. The van der Waals surface area contributed by atoms with Crippen LogP contribution >= 0.6 is 0 Å². The van der Waals surface area contributed by atoms with Gasteiger partial charge in [-0.05, 0) is 50.9 Å². The van der Waals surface area contributed by atoms with Crippen molar-refractivity contribution in [2.75, 3.05) is 13.2 Å². The van der Waals surface area contributed by atoms with Crippen LogP contribution in [0.15, 0.2) is 18.2 Å². The van der Waals surface area contributed by atoms with Crippen molar-refractivity contribution in [3.63, 3.8) is 0 Å². The van der Waals surface area contributed by atoms with Gasteiger partial charge in [-0.15, -0.1) is 0 Å². The van der Waals surface area contributed by atoms with Crippen molar-refractivity contribution in [1.29, 1.82) is 0 Å². The predicted octanol–water partition coefficient (Wildman–Crippen LogP) is 2.54. The molecule has 1 aliphatic rings. The molecule has 0 heterocycles. The van der Waals surface area contributed by atoms with Crippen LogP contribution in [-0.4, -0.2) is 25.1 Å². The molecule has 116 valence electrons. The molecular formula is C16H23FN2O2. The Kier molecular flexibility index (Phi) is 5.56. The van der Waals surface area contributed by atoms with Gasteiger partial charge in [0.15, 0.2) is 6.61 Å². The molecule has 0 bridgehead atoms. The Morgan fingerprint density at radius 2 is 2.24 bits per heavy atom. The highest BCUT2D eigenvalue weighted by atomic mass is 19.1. The summed E-state index contributed by atoms with van der Waals surface area (Å²) in [7, 11) is 0. The summed E-state index contributed by atoms with van der Waals surface area (Å²) in [6.07, 6.45) is 3.09. The minimum Gasteiger partial charge on any atom is -0.483 e. The van der Waals surface area contributed by atoms with Crippen LogP contribution in [0, 0.1) is 5.82 Å². The smallest absolute Gasteiger partial charge is 0.258 e. The molecule has 1 amide bonds. The Morgan fingerprint density at radius 1 is 1.48 bits per heavy atom. The fraction of sp³-hybridized carbons (Fsp3) is 0.562. The van der Waals surface area contributed by atoms with Gasteiger partial charge in [-0.1, -0.05) is 6.92 Å². The number of amides is 1. The third kappa shape index (κ3) is 5.01. The summed E-state index contributed by atoms with van der Waals surface area (Å²) >= 11 is 0. The molecule has 1 aliphatic carbocycles. The molecule has 1 aromatic carbocycles. The summed E-state index contributed by atoms with van der Waals surface area (Å²) in [6, 6.07) is 4.69. The lowest BCUT2D eigenvalue weighted by Crippen LogP contribution is -2.30. The molecule has 1 aromatic rings. The van der Waals surface area contributed by atoms with Gasteiger partial charge >= 0.3 is 0 Å². The second kappa shape index (κ2) is 7.41. The average molecular weight is 294 g/mol. The first kappa shape index (κ1) is 15.8. The second-order valence-corrected chi connectivity index (χ2v) is 5.49. The SMILES string of the molecule is CCCNC(C)c1cc(F)ccc1OCC(=O)NC1CC1. The largest absolute Gasteiger partial charge is 0.483 e. The number of carbonyl (C=O) groups is 1. The maximum atomic E-state index is 13.4. The zero-order valence-electron chi connectivity index (χ0n) is 12.6. The molecule has 0 aliphatic heterocycles. The molecule has 1 saturated carbocycles. The first-order valence-electron chi connectivity index (χ1n) is 7.55. The Balaban J connectivity index is 1.97. The van der Waals surface area contributed by atoms with Gasteiger partial charge in [-0.3, -0.25) is 4.79 Å². The van der Waals surface area contributed by atoms with Crippen LogP contribution in [0.2, 0.25) is 0 Å². The minimum atomic E-state index is -0.301. The molecule has 1 fully saturated rings. The lowest BCUT2D eigenvalue weighted by molar-refractivity contribution is -0.123. The van der Waals surface area contributed by atoms with Gasteiger partial charge in [-0.25, -0.2) is 4.39 Å². The number of halogens is 1. The van der Waals surface area contributed by atoms with E-state index in [-0.39, 0.29) is 24.4 Å². The zero-order chi connectivity index (χ0) is 15.2. The van der Waals surface area contributed by atoms with Crippen molar-refractivity contribution in [2.45, 2.75) is 45.2 Å². The molecule has 0 spiro atoms. The fourth-order valence-corrected chi connectivity index (χ4v) is 2.10. The maximum Gasteiger partial charge on any atom is 0.258 e. The van der Waals surface area contributed by atoms with Gasteiger partial charge in [0.25, 0.3) is 5.91 Å². The summed E-state index contributed by atoms with van der Waals surface area (Å²) in [5.41, 5.74) is 0.739. The molecular weight excluding hydrogens is 271 g/mol. The van der Waals surface area contributed by atoms with E-state index in [9.17, 15) is 9.18 Å². The van der Waals surface area contributed by atoms with Crippen LogP contribution in [-0.2, 0) is 4.79 Å². The van der Waals surface area contributed by atoms with E-state index in [1.165, 1.54) is 12.1 Å². The Bertz CT molecular complexity index is 489. The van der Waals surface area contributed by atoms with Crippen molar-refractivity contribution < 1.29 is 13.9 Å². The van der Waals surface area contributed by atoms with Gasteiger partial charge in [0.1, 0.15) is 11.6 Å². The van der Waals surface area contributed by atoms with E-state index in [2.05, 4.69) is 17.6 Å². The number of hydrogen-bond donors (Lipinski definition) is 2. The summed E-state index contributed by atoms with van der Waals surface area (Å²) in [5, 5.41) is 6.16. The first-order chi connectivity index (χ1) is 10.1. The van der Waals surface area contributed by atoms with E-state index in [0.717, 1.165) is 31.4 Å². The molecule has 0 aromatic heterocycles. The van der Waals surface area contributed by atoms with E-state index in [1.807, 2.05) is 6.92 Å². The van der Waals surface area contributed by atoms with E-state index in [4.69, 9.17) is 4.74 Å². The quantitative estimate of drug-likeness (QED) is 0.774. The molecule has 5 heteroatoms. The molecule has 21 heavy (non-hydrogen) atoms. The number of hydrogen-bond acceptors (Lipinski definition) is 3. The Labute approximate surface area is 125 Å². The normalized spacial score (nSPS) is 15.6. The fourth-order valence-electron chi connectivity index (χ4n) is 2.10.